The summed E-state index contributed by atoms with van der Waals surface area (Å²) in [6.45, 7) is 9.97. The van der Waals surface area contributed by atoms with Crippen LogP contribution >= 0.6 is 0 Å². The molecule has 0 fully saturated rings. The number of carboxylic acid groups (broad SMARTS) is 2. The Labute approximate surface area is 248 Å². The van der Waals surface area contributed by atoms with Gasteiger partial charge in [-0.3, -0.25) is 9.59 Å². The molecule has 0 unspecified atom stereocenters. The Morgan fingerprint density at radius 1 is 0.857 bits per heavy atom. The molecule has 0 saturated carbocycles. The van der Waals surface area contributed by atoms with Gasteiger partial charge in [0.05, 0.1) is 5.92 Å². The molecule has 10 nitrogen and oxygen atoms in total. The standard InChI is InChI=1S/C24H29N5O3.C8H16O2/c1-4-5-10-21(30)29(22(16(2)3)24(31)32)15-17-11-13-18(14-12-17)19-8-6-7-9-20(19)23-25-27-28-26-23;1-3-5-7(6-4-2)8(9)10/h6-9,11-14,16,22H,4-5,10,15H2,1-3H3,(H,31,32)(H,25,26,27,28);7H,3-6H2,1-2H3,(H,9,10)/t22-;/m0./s1. The number of aromatic amines is 1. The summed E-state index contributed by atoms with van der Waals surface area (Å²) < 4.78 is 0. The molecule has 0 bridgehead atoms. The Kier molecular flexibility index (Phi) is 14.4. The number of nitrogens with zero attached hydrogens (tertiary/aromatic N) is 4. The van der Waals surface area contributed by atoms with E-state index in [2.05, 4.69) is 20.6 Å². The van der Waals surface area contributed by atoms with Gasteiger partial charge in [-0.1, -0.05) is 102 Å². The maximum absolute atomic E-state index is 12.9. The third-order valence-corrected chi connectivity index (χ3v) is 7.05. The Morgan fingerprint density at radius 2 is 1.48 bits per heavy atom. The lowest BCUT2D eigenvalue weighted by atomic mass is 9.97. The van der Waals surface area contributed by atoms with Gasteiger partial charge in [0.25, 0.3) is 0 Å². The van der Waals surface area contributed by atoms with E-state index in [9.17, 15) is 19.5 Å². The largest absolute Gasteiger partial charge is 0.481 e. The molecule has 1 atom stereocenters. The minimum Gasteiger partial charge on any atom is -0.481 e. The summed E-state index contributed by atoms with van der Waals surface area (Å²) >= 11 is 0. The zero-order chi connectivity index (χ0) is 31.1. The van der Waals surface area contributed by atoms with Gasteiger partial charge in [-0.05, 0) is 52.3 Å². The fourth-order valence-electron chi connectivity index (χ4n) is 4.88. The maximum atomic E-state index is 12.9. The van der Waals surface area contributed by atoms with Gasteiger partial charge in [0.2, 0.25) is 5.91 Å². The molecule has 42 heavy (non-hydrogen) atoms. The van der Waals surface area contributed by atoms with Crippen LogP contribution in [-0.4, -0.2) is 59.6 Å². The van der Waals surface area contributed by atoms with E-state index in [1.165, 1.54) is 4.90 Å². The van der Waals surface area contributed by atoms with E-state index in [4.69, 9.17) is 5.11 Å². The first-order valence-corrected chi connectivity index (χ1v) is 14.8. The number of carbonyl (C=O) groups is 3. The highest BCUT2D eigenvalue weighted by atomic mass is 16.4. The highest BCUT2D eigenvalue weighted by Crippen LogP contribution is 2.30. The topological polar surface area (TPSA) is 149 Å². The second kappa shape index (κ2) is 17.7. The molecular formula is C32H45N5O5. The first-order valence-electron chi connectivity index (χ1n) is 14.8. The maximum Gasteiger partial charge on any atom is 0.326 e. The van der Waals surface area contributed by atoms with Crippen LogP contribution in [0, 0.1) is 11.8 Å². The van der Waals surface area contributed by atoms with Crippen LogP contribution in [0.3, 0.4) is 0 Å². The lowest BCUT2D eigenvalue weighted by Gasteiger charge is -2.32. The van der Waals surface area contributed by atoms with Crippen LogP contribution in [0.4, 0.5) is 0 Å². The van der Waals surface area contributed by atoms with Gasteiger partial charge in [-0.15, -0.1) is 5.10 Å². The van der Waals surface area contributed by atoms with E-state index < -0.39 is 18.0 Å². The van der Waals surface area contributed by atoms with Gasteiger partial charge in [-0.2, -0.15) is 0 Å². The van der Waals surface area contributed by atoms with Gasteiger partial charge in [0.1, 0.15) is 6.04 Å². The van der Waals surface area contributed by atoms with Gasteiger partial charge < -0.3 is 15.1 Å². The highest BCUT2D eigenvalue weighted by molar-refractivity contribution is 5.84. The molecule has 10 heteroatoms. The van der Waals surface area contributed by atoms with E-state index >= 15 is 0 Å². The Balaban J connectivity index is 0.000000528. The first kappa shape index (κ1) is 34.1. The molecule has 228 valence electrons. The van der Waals surface area contributed by atoms with Crippen LogP contribution in [0.2, 0.25) is 0 Å². The van der Waals surface area contributed by atoms with Crippen molar-refractivity contribution in [3.05, 3.63) is 54.1 Å². The van der Waals surface area contributed by atoms with E-state index in [0.717, 1.165) is 60.8 Å². The number of amides is 1. The smallest absolute Gasteiger partial charge is 0.326 e. The highest BCUT2D eigenvalue weighted by Gasteiger charge is 2.32. The fraction of sp³-hybridized carbons (Fsp3) is 0.500. The predicted molar refractivity (Wildman–Crippen MR) is 162 cm³/mol. The van der Waals surface area contributed by atoms with Crippen molar-refractivity contribution in [1.29, 1.82) is 0 Å². The van der Waals surface area contributed by atoms with Crippen molar-refractivity contribution >= 4 is 17.8 Å². The second-order valence-corrected chi connectivity index (χ2v) is 10.8. The number of benzene rings is 2. The van der Waals surface area contributed by atoms with Crippen LogP contribution in [0.25, 0.3) is 22.5 Å². The molecular weight excluding hydrogens is 534 g/mol. The van der Waals surface area contributed by atoms with Gasteiger partial charge in [0.15, 0.2) is 5.82 Å². The fourth-order valence-corrected chi connectivity index (χ4v) is 4.88. The quantitative estimate of drug-likeness (QED) is 0.186. The number of hydrogen-bond donors (Lipinski definition) is 3. The zero-order valence-corrected chi connectivity index (χ0v) is 25.4. The summed E-state index contributed by atoms with van der Waals surface area (Å²) in [7, 11) is 0. The molecule has 0 aliphatic heterocycles. The molecule has 0 spiro atoms. The number of aromatic nitrogens is 4. The molecule has 3 aromatic rings. The third kappa shape index (κ3) is 10.1. The average molecular weight is 580 g/mol. The van der Waals surface area contributed by atoms with E-state index in [1.54, 1.807) is 0 Å². The van der Waals surface area contributed by atoms with E-state index in [0.29, 0.717) is 12.2 Å². The third-order valence-electron chi connectivity index (χ3n) is 7.05. The molecule has 0 radical (unpaired) electrons. The van der Waals surface area contributed by atoms with Crippen molar-refractivity contribution in [3.63, 3.8) is 0 Å². The number of hydrogen-bond acceptors (Lipinski definition) is 6. The molecule has 1 aromatic heterocycles. The van der Waals surface area contributed by atoms with Crippen LogP contribution < -0.4 is 0 Å². The van der Waals surface area contributed by atoms with E-state index in [-0.39, 0.29) is 24.3 Å². The Bertz CT molecular complexity index is 1240. The van der Waals surface area contributed by atoms with Gasteiger partial charge in [-0.25, -0.2) is 9.89 Å². The molecule has 2 aromatic carbocycles. The number of H-pyrrole nitrogens is 1. The zero-order valence-electron chi connectivity index (χ0n) is 25.4. The number of rotatable bonds is 15. The Morgan fingerprint density at radius 3 is 1.95 bits per heavy atom. The molecule has 0 aliphatic carbocycles. The monoisotopic (exact) mass is 579 g/mol. The van der Waals surface area contributed by atoms with Crippen LogP contribution in [0.15, 0.2) is 48.5 Å². The van der Waals surface area contributed by atoms with Crippen molar-refractivity contribution < 1.29 is 24.6 Å². The SMILES string of the molecule is CCCC(CCC)C(=O)O.CCCCC(=O)N(Cc1ccc(-c2ccccc2-c2nnn[nH]2)cc1)[C@H](C(=O)O)C(C)C. The van der Waals surface area contributed by atoms with Crippen molar-refractivity contribution in [1.82, 2.24) is 25.5 Å². The number of nitrogens with one attached hydrogen (secondary N) is 1. The lowest BCUT2D eigenvalue weighted by molar-refractivity contribution is -0.153. The van der Waals surface area contributed by atoms with Crippen LogP contribution in [0.1, 0.15) is 85.1 Å². The summed E-state index contributed by atoms with van der Waals surface area (Å²) in [6.07, 6.45) is 5.56. The minimum atomic E-state index is -0.976. The number of unbranched alkanes of at least 4 members (excludes halogenated alkanes) is 1. The Hall–Kier alpha value is -4.08. The number of carboxylic acids is 2. The summed E-state index contributed by atoms with van der Waals surface area (Å²) in [5.41, 5.74) is 3.71. The molecule has 3 rings (SSSR count). The van der Waals surface area contributed by atoms with Crippen molar-refractivity contribution in [3.8, 4) is 22.5 Å². The molecule has 1 amide bonds. The number of aliphatic carboxylic acids is 2. The summed E-state index contributed by atoms with van der Waals surface area (Å²) in [6, 6.07) is 14.8. The molecule has 3 N–H and O–H groups in total. The average Bonchev–Trinajstić information content (AvgIpc) is 3.51. The number of carbonyl (C=O) groups excluding carboxylic acids is 1. The van der Waals surface area contributed by atoms with E-state index in [1.807, 2.05) is 83.1 Å². The lowest BCUT2D eigenvalue weighted by Crippen LogP contribution is -2.47. The van der Waals surface area contributed by atoms with Gasteiger partial charge in [0, 0.05) is 18.5 Å². The van der Waals surface area contributed by atoms with Crippen molar-refractivity contribution in [2.24, 2.45) is 11.8 Å². The summed E-state index contributed by atoms with van der Waals surface area (Å²) in [4.78, 5) is 36.8. The first-order chi connectivity index (χ1) is 20.1. The van der Waals surface area contributed by atoms with Crippen LogP contribution in [0.5, 0.6) is 0 Å². The predicted octanol–water partition coefficient (Wildman–Crippen LogP) is 6.45. The summed E-state index contributed by atoms with van der Waals surface area (Å²) in [5, 5.41) is 32.5. The van der Waals surface area contributed by atoms with Crippen molar-refractivity contribution in [2.45, 2.75) is 92.2 Å². The molecule has 0 aliphatic rings. The molecule has 0 saturated heterocycles. The van der Waals surface area contributed by atoms with Gasteiger partial charge >= 0.3 is 11.9 Å². The minimum absolute atomic E-state index is 0.102. The van der Waals surface area contributed by atoms with Crippen molar-refractivity contribution in [2.75, 3.05) is 0 Å². The second-order valence-electron chi connectivity index (χ2n) is 10.8. The normalized spacial score (nSPS) is 11.6. The summed E-state index contributed by atoms with van der Waals surface area (Å²) in [5.74, 6) is -1.45. The molecule has 1 heterocycles. The van der Waals surface area contributed by atoms with Crippen LogP contribution in [-0.2, 0) is 20.9 Å². The number of tetrazole rings is 1.